The molecule has 128 valence electrons. The van der Waals surface area contributed by atoms with Gasteiger partial charge in [0.2, 0.25) is 11.5 Å². The van der Waals surface area contributed by atoms with Crippen molar-refractivity contribution in [3.05, 3.63) is 34.2 Å². The molecule has 0 unspecified atom stereocenters. The van der Waals surface area contributed by atoms with Crippen molar-refractivity contribution in [3.63, 3.8) is 0 Å². The van der Waals surface area contributed by atoms with Crippen LogP contribution in [0.25, 0.3) is 0 Å². The number of carbonyl (C=O) groups is 2. The van der Waals surface area contributed by atoms with Gasteiger partial charge in [-0.2, -0.15) is 0 Å². The smallest absolute Gasteiger partial charge is 0.270 e. The minimum Gasteiger partial charge on any atom is -0.337 e. The van der Waals surface area contributed by atoms with Gasteiger partial charge in [-0.3, -0.25) is 14.4 Å². The van der Waals surface area contributed by atoms with Gasteiger partial charge in [0.15, 0.2) is 0 Å². The van der Waals surface area contributed by atoms with E-state index in [1.807, 2.05) is 9.80 Å². The molecule has 6 nitrogen and oxygen atoms in total. The van der Waals surface area contributed by atoms with E-state index in [1.165, 1.54) is 6.07 Å². The number of amides is 2. The van der Waals surface area contributed by atoms with Gasteiger partial charge in [-0.15, -0.1) is 0 Å². The molecular formula is C18H23N3O3. The van der Waals surface area contributed by atoms with E-state index in [4.69, 9.17) is 0 Å². The monoisotopic (exact) mass is 329 g/mol. The highest BCUT2D eigenvalue weighted by Gasteiger charge is 2.61. The molecule has 3 heterocycles. The second kappa shape index (κ2) is 5.19. The molecule has 4 atom stereocenters. The van der Waals surface area contributed by atoms with Crippen LogP contribution in [0.15, 0.2) is 23.0 Å². The van der Waals surface area contributed by atoms with Crippen LogP contribution in [0.5, 0.6) is 0 Å². The van der Waals surface area contributed by atoms with Crippen molar-refractivity contribution >= 4 is 11.8 Å². The number of aromatic nitrogens is 1. The minimum absolute atomic E-state index is 0.0365. The number of aromatic amines is 1. The van der Waals surface area contributed by atoms with Crippen LogP contribution < -0.4 is 5.56 Å². The first-order chi connectivity index (χ1) is 11.4. The van der Waals surface area contributed by atoms with Crippen molar-refractivity contribution in [3.8, 4) is 0 Å². The Bertz CT molecular complexity index is 758. The molecule has 1 aromatic heterocycles. The first kappa shape index (κ1) is 15.4. The maximum absolute atomic E-state index is 13.1. The van der Waals surface area contributed by atoms with Crippen molar-refractivity contribution in [2.24, 2.45) is 5.41 Å². The number of nitrogens with one attached hydrogen (secondary N) is 1. The Hall–Kier alpha value is -2.11. The second-order valence-corrected chi connectivity index (χ2v) is 7.64. The number of pyridine rings is 1. The van der Waals surface area contributed by atoms with Crippen molar-refractivity contribution in [1.29, 1.82) is 0 Å². The van der Waals surface area contributed by atoms with E-state index in [-0.39, 0.29) is 40.9 Å². The summed E-state index contributed by atoms with van der Waals surface area (Å²) in [6.45, 7) is 4.46. The number of hydrogen-bond donors (Lipinski definition) is 1. The zero-order chi connectivity index (χ0) is 17.1. The summed E-state index contributed by atoms with van der Waals surface area (Å²) >= 11 is 0. The molecule has 2 amide bonds. The van der Waals surface area contributed by atoms with Gasteiger partial charge in [-0.25, -0.2) is 0 Å². The predicted octanol–water partition coefficient (Wildman–Crippen LogP) is 1.38. The van der Waals surface area contributed by atoms with Gasteiger partial charge < -0.3 is 14.8 Å². The number of hydrogen-bond acceptors (Lipinski definition) is 3. The number of carbonyl (C=O) groups excluding carboxylic acids is 2. The van der Waals surface area contributed by atoms with Gasteiger partial charge in [0, 0.05) is 37.0 Å². The molecule has 1 aromatic rings. The molecule has 2 saturated heterocycles. The second-order valence-electron chi connectivity index (χ2n) is 7.64. The Morgan fingerprint density at radius 1 is 1.25 bits per heavy atom. The summed E-state index contributed by atoms with van der Waals surface area (Å²) in [6, 6.07) is 5.09. The molecule has 0 spiro atoms. The van der Waals surface area contributed by atoms with Gasteiger partial charge in [0.05, 0.1) is 6.04 Å². The van der Waals surface area contributed by atoms with Crippen LogP contribution in [-0.2, 0) is 4.79 Å². The summed E-state index contributed by atoms with van der Waals surface area (Å²) in [5.41, 5.74) is 0.0358. The van der Waals surface area contributed by atoms with Crippen LogP contribution in [0.1, 0.15) is 50.0 Å². The summed E-state index contributed by atoms with van der Waals surface area (Å²) < 4.78 is 0. The standard InChI is InChI=1S/C18H23N3O3/c1-11(22)20-10-12-9-18(2)14(20)6-4-7-15(18)21(12)17(24)13-5-3-8-16(23)19-13/h3,5,8,12,14-15H,4,6-7,9-10H2,1-2H3,(H,19,23)/t12-,14+,15-,18+/m0/s1. The Morgan fingerprint density at radius 2 is 2.00 bits per heavy atom. The highest BCUT2D eigenvalue weighted by molar-refractivity contribution is 5.93. The van der Waals surface area contributed by atoms with E-state index in [0.717, 1.165) is 25.7 Å². The normalized spacial score (nSPS) is 34.3. The third-order valence-electron chi connectivity index (χ3n) is 6.30. The molecule has 6 heteroatoms. The molecule has 1 aliphatic carbocycles. The number of fused-ring (bicyclic) bond motifs is 1. The minimum atomic E-state index is -0.263. The summed E-state index contributed by atoms with van der Waals surface area (Å²) in [5.74, 6) is -0.0172. The number of nitrogens with zero attached hydrogens (tertiary/aromatic N) is 2. The molecule has 2 aliphatic heterocycles. The first-order valence-electron chi connectivity index (χ1n) is 8.71. The van der Waals surface area contributed by atoms with Gasteiger partial charge in [-0.05, 0) is 31.7 Å². The van der Waals surface area contributed by atoms with E-state index >= 15 is 0 Å². The summed E-state index contributed by atoms with van der Waals surface area (Å²) in [4.78, 5) is 43.4. The fourth-order valence-corrected chi connectivity index (χ4v) is 5.36. The third kappa shape index (κ3) is 2.05. The molecule has 3 aliphatic rings. The van der Waals surface area contributed by atoms with Crippen LogP contribution in [0.4, 0.5) is 0 Å². The summed E-state index contributed by atoms with van der Waals surface area (Å²) in [6.07, 6.45) is 3.95. The van der Waals surface area contributed by atoms with Crippen LogP contribution >= 0.6 is 0 Å². The molecule has 2 bridgehead atoms. The van der Waals surface area contributed by atoms with E-state index < -0.39 is 0 Å². The molecule has 24 heavy (non-hydrogen) atoms. The fourth-order valence-electron chi connectivity index (χ4n) is 5.36. The average Bonchev–Trinajstić information content (AvgIpc) is 2.83. The Labute approximate surface area is 140 Å². The predicted molar refractivity (Wildman–Crippen MR) is 88.6 cm³/mol. The van der Waals surface area contributed by atoms with Crippen LogP contribution in [0, 0.1) is 5.41 Å². The van der Waals surface area contributed by atoms with Crippen molar-refractivity contribution < 1.29 is 9.59 Å². The lowest BCUT2D eigenvalue weighted by Gasteiger charge is -2.49. The van der Waals surface area contributed by atoms with Gasteiger partial charge >= 0.3 is 0 Å². The maximum Gasteiger partial charge on any atom is 0.270 e. The quantitative estimate of drug-likeness (QED) is 0.846. The summed E-state index contributed by atoms with van der Waals surface area (Å²) in [5, 5.41) is 0. The largest absolute Gasteiger partial charge is 0.337 e. The van der Waals surface area contributed by atoms with E-state index in [1.54, 1.807) is 19.1 Å². The topological polar surface area (TPSA) is 73.5 Å². The van der Waals surface area contributed by atoms with E-state index in [0.29, 0.717) is 12.2 Å². The van der Waals surface area contributed by atoms with Crippen LogP contribution in [-0.4, -0.2) is 51.3 Å². The SMILES string of the molecule is CC(=O)N1C[C@@H]2C[C@@]3(C)[C@H](CCC[C@@H]13)N2C(=O)c1cccc(=O)[nH]1. The number of piperidine rings is 1. The van der Waals surface area contributed by atoms with Crippen LogP contribution in [0.2, 0.25) is 0 Å². The maximum atomic E-state index is 13.1. The fraction of sp³-hybridized carbons (Fsp3) is 0.611. The van der Waals surface area contributed by atoms with Crippen LogP contribution in [0.3, 0.4) is 0 Å². The van der Waals surface area contributed by atoms with E-state index in [9.17, 15) is 14.4 Å². The molecule has 1 N–H and O–H groups in total. The summed E-state index contributed by atoms with van der Waals surface area (Å²) in [7, 11) is 0. The third-order valence-corrected chi connectivity index (χ3v) is 6.30. The lowest BCUT2D eigenvalue weighted by molar-refractivity contribution is -0.137. The Kier molecular flexibility index (Phi) is 3.34. The molecule has 0 radical (unpaired) electrons. The Balaban J connectivity index is 1.74. The molecular weight excluding hydrogens is 306 g/mol. The van der Waals surface area contributed by atoms with Crippen molar-refractivity contribution in [2.45, 2.75) is 57.7 Å². The lowest BCUT2D eigenvalue weighted by atomic mass is 9.66. The Morgan fingerprint density at radius 3 is 2.71 bits per heavy atom. The number of H-pyrrole nitrogens is 1. The zero-order valence-electron chi connectivity index (χ0n) is 14.1. The molecule has 1 saturated carbocycles. The first-order valence-corrected chi connectivity index (χ1v) is 8.71. The van der Waals surface area contributed by atoms with Gasteiger partial charge in [0.1, 0.15) is 5.69 Å². The molecule has 0 aromatic carbocycles. The lowest BCUT2D eigenvalue weighted by Crippen LogP contribution is -2.57. The van der Waals surface area contributed by atoms with E-state index in [2.05, 4.69) is 11.9 Å². The van der Waals surface area contributed by atoms with Crippen molar-refractivity contribution in [2.75, 3.05) is 6.54 Å². The number of rotatable bonds is 1. The molecule has 4 rings (SSSR count). The van der Waals surface area contributed by atoms with Crippen molar-refractivity contribution in [1.82, 2.24) is 14.8 Å². The highest BCUT2D eigenvalue weighted by atomic mass is 16.2. The van der Waals surface area contributed by atoms with Gasteiger partial charge in [0.25, 0.3) is 5.91 Å². The molecule has 3 fully saturated rings. The number of likely N-dealkylation sites (tertiary alicyclic amines) is 2. The van der Waals surface area contributed by atoms with Gasteiger partial charge in [-0.1, -0.05) is 13.0 Å². The highest BCUT2D eigenvalue weighted by Crippen LogP contribution is 2.54. The average molecular weight is 329 g/mol. The zero-order valence-corrected chi connectivity index (χ0v) is 14.1.